The molecule has 0 aliphatic carbocycles. The highest BCUT2D eigenvalue weighted by Gasteiger charge is 2.43. The van der Waals surface area contributed by atoms with Gasteiger partial charge in [-0.2, -0.15) is 0 Å². The molecule has 0 N–H and O–H groups in total. The Labute approximate surface area is 238 Å². The second-order valence-electron chi connectivity index (χ2n) is 11.8. The molecule has 3 aliphatic rings. The summed E-state index contributed by atoms with van der Waals surface area (Å²) in [5.41, 5.74) is -1.10. The monoisotopic (exact) mass is 573 g/mol. The van der Waals surface area contributed by atoms with Gasteiger partial charge < -0.3 is 33.8 Å². The molecule has 5 rings (SSSR count). The Morgan fingerprint density at radius 3 is 2.49 bits per heavy atom. The van der Waals surface area contributed by atoms with Gasteiger partial charge in [0.1, 0.15) is 40.8 Å². The number of hydrogen-bond donors (Lipinski definition) is 0. The van der Waals surface area contributed by atoms with Gasteiger partial charge in [-0.15, -0.1) is 0 Å². The Morgan fingerprint density at radius 1 is 1.07 bits per heavy atom. The van der Waals surface area contributed by atoms with Gasteiger partial charge in [0.2, 0.25) is 0 Å². The number of pyridine rings is 1. The van der Waals surface area contributed by atoms with Crippen LogP contribution >= 0.6 is 0 Å². The van der Waals surface area contributed by atoms with E-state index in [1.54, 1.807) is 25.7 Å². The van der Waals surface area contributed by atoms with Gasteiger partial charge in [-0.25, -0.2) is 18.6 Å². The van der Waals surface area contributed by atoms with Crippen molar-refractivity contribution in [2.75, 3.05) is 64.9 Å². The van der Waals surface area contributed by atoms with Crippen LogP contribution in [0.1, 0.15) is 38.1 Å². The smallest absolute Gasteiger partial charge is 0.410 e. The molecule has 1 aromatic heterocycles. The minimum absolute atomic E-state index is 0.00572. The zero-order chi connectivity index (χ0) is 29.6. The molecule has 12 heteroatoms. The van der Waals surface area contributed by atoms with Crippen LogP contribution in [-0.2, 0) is 4.74 Å². The predicted molar refractivity (Wildman–Crippen MR) is 149 cm³/mol. The molecule has 0 radical (unpaired) electrons. The summed E-state index contributed by atoms with van der Waals surface area (Å²) in [6.45, 7) is 9.85. The zero-order valence-electron chi connectivity index (χ0n) is 24.4. The van der Waals surface area contributed by atoms with Crippen LogP contribution in [-0.4, -0.2) is 109 Å². The largest absolute Gasteiger partial charge is 0.496 e. The fourth-order valence-electron chi connectivity index (χ4n) is 5.67. The molecule has 10 nitrogen and oxygen atoms in total. The van der Waals surface area contributed by atoms with Crippen molar-refractivity contribution in [2.24, 2.45) is 0 Å². The van der Waals surface area contributed by atoms with Crippen LogP contribution in [0.4, 0.5) is 19.4 Å². The summed E-state index contributed by atoms with van der Waals surface area (Å²) < 4.78 is 48.5. The second-order valence-corrected chi connectivity index (χ2v) is 11.8. The van der Waals surface area contributed by atoms with Crippen LogP contribution in [0.15, 0.2) is 18.2 Å². The average molecular weight is 574 g/mol. The van der Waals surface area contributed by atoms with Crippen molar-refractivity contribution in [1.29, 1.82) is 0 Å². The van der Waals surface area contributed by atoms with Gasteiger partial charge in [-0.3, -0.25) is 4.79 Å². The normalized spacial score (nSPS) is 21.6. The van der Waals surface area contributed by atoms with E-state index in [2.05, 4.69) is 9.88 Å². The maximum Gasteiger partial charge on any atom is 0.410 e. The third kappa shape index (κ3) is 5.49. The number of halogens is 2. The Hall–Kier alpha value is -3.67. The number of rotatable bonds is 3. The molecule has 3 aliphatic heterocycles. The number of methoxy groups -OCH3 is 1. The van der Waals surface area contributed by atoms with Crippen molar-refractivity contribution < 1.29 is 32.6 Å². The molecule has 222 valence electrons. The fraction of sp³-hybridized carbons (Fsp3) is 0.552. The lowest BCUT2D eigenvalue weighted by Crippen LogP contribution is -2.58. The molecule has 1 aromatic carbocycles. The molecule has 2 atom stereocenters. The number of carbonyl (C=O) groups excluding carboxylic acids is 2. The van der Waals surface area contributed by atoms with E-state index in [1.807, 2.05) is 18.9 Å². The SMILES string of the molecule is COc1cccc(F)c1-c1nc(N2CCN(C)C[C@@H]2C)c2c(c1F)OC[C@H]1CN(C(=O)OC(C)(C)C)CCN1C2=O. The van der Waals surface area contributed by atoms with Crippen molar-refractivity contribution in [1.82, 2.24) is 19.7 Å². The molecule has 0 unspecified atom stereocenters. The molecule has 2 amide bonds. The van der Waals surface area contributed by atoms with Gasteiger partial charge in [0.25, 0.3) is 5.91 Å². The lowest BCUT2D eigenvalue weighted by Gasteiger charge is -2.41. The Balaban J connectivity index is 1.60. The van der Waals surface area contributed by atoms with Crippen molar-refractivity contribution in [2.45, 2.75) is 45.4 Å². The number of piperazine rings is 2. The van der Waals surface area contributed by atoms with E-state index in [-0.39, 0.29) is 66.4 Å². The van der Waals surface area contributed by atoms with Crippen LogP contribution in [0.3, 0.4) is 0 Å². The lowest BCUT2D eigenvalue weighted by atomic mass is 10.0. The lowest BCUT2D eigenvalue weighted by molar-refractivity contribution is 0.000864. The van der Waals surface area contributed by atoms with Gasteiger partial charge in [-0.1, -0.05) is 6.07 Å². The standard InChI is InChI=1S/C29H37F2N5O5/c1-17-14-33(5)10-12-35(17)26-22-25(23(31)24(32-26)21-19(30)8-7-9-20(21)39-6)40-16-18-15-34(11-13-36(18)27(22)37)28(38)41-29(2,3)4/h7-9,17-18H,10-16H2,1-6H3/t17-,18+/m0/s1. The number of fused-ring (bicyclic) bond motifs is 2. The highest BCUT2D eigenvalue weighted by atomic mass is 19.1. The summed E-state index contributed by atoms with van der Waals surface area (Å²) in [5.74, 6) is -2.01. The van der Waals surface area contributed by atoms with E-state index in [0.29, 0.717) is 19.6 Å². The summed E-state index contributed by atoms with van der Waals surface area (Å²) in [5, 5.41) is 0. The molecule has 4 heterocycles. The van der Waals surface area contributed by atoms with Crippen molar-refractivity contribution in [3.63, 3.8) is 0 Å². The van der Waals surface area contributed by atoms with E-state index in [9.17, 15) is 9.59 Å². The van der Waals surface area contributed by atoms with Gasteiger partial charge in [-0.05, 0) is 46.9 Å². The van der Waals surface area contributed by atoms with E-state index in [0.717, 1.165) is 0 Å². The first-order chi connectivity index (χ1) is 19.4. The minimum atomic E-state index is -0.939. The number of amides is 2. The van der Waals surface area contributed by atoms with Gasteiger partial charge in [0, 0.05) is 45.3 Å². The predicted octanol–water partition coefficient (Wildman–Crippen LogP) is 3.63. The molecule has 41 heavy (non-hydrogen) atoms. The molecular formula is C29H37F2N5O5. The summed E-state index contributed by atoms with van der Waals surface area (Å²) in [7, 11) is 3.38. The molecule has 0 spiro atoms. The van der Waals surface area contributed by atoms with Crippen LogP contribution in [0.5, 0.6) is 11.5 Å². The average Bonchev–Trinajstić information content (AvgIpc) is 3.05. The molecule has 2 saturated heterocycles. The Kier molecular flexibility index (Phi) is 7.71. The third-order valence-electron chi connectivity index (χ3n) is 7.64. The number of benzene rings is 1. The topological polar surface area (TPSA) is 87.7 Å². The third-order valence-corrected chi connectivity index (χ3v) is 7.64. The highest BCUT2D eigenvalue weighted by Crippen LogP contribution is 2.43. The zero-order valence-corrected chi connectivity index (χ0v) is 24.4. The molecule has 0 bridgehead atoms. The second kappa shape index (κ2) is 11.0. The summed E-state index contributed by atoms with van der Waals surface area (Å²) in [6, 6.07) is 3.60. The van der Waals surface area contributed by atoms with E-state index < -0.39 is 35.3 Å². The van der Waals surface area contributed by atoms with Crippen LogP contribution in [0, 0.1) is 11.6 Å². The maximum absolute atomic E-state index is 16.4. The van der Waals surface area contributed by atoms with E-state index in [4.69, 9.17) is 14.2 Å². The van der Waals surface area contributed by atoms with E-state index >= 15 is 8.78 Å². The first-order valence-electron chi connectivity index (χ1n) is 13.8. The summed E-state index contributed by atoms with van der Waals surface area (Å²) in [6.07, 6.45) is -0.486. The number of carbonyl (C=O) groups is 2. The van der Waals surface area contributed by atoms with Crippen LogP contribution in [0.25, 0.3) is 11.3 Å². The summed E-state index contributed by atoms with van der Waals surface area (Å²) >= 11 is 0. The molecule has 0 saturated carbocycles. The number of likely N-dealkylation sites (N-methyl/N-ethyl adjacent to an activating group) is 1. The van der Waals surface area contributed by atoms with E-state index in [1.165, 1.54) is 30.2 Å². The summed E-state index contributed by atoms with van der Waals surface area (Å²) in [4.78, 5) is 38.8. The van der Waals surface area contributed by atoms with Crippen molar-refractivity contribution >= 4 is 17.8 Å². The first-order valence-corrected chi connectivity index (χ1v) is 13.8. The first kappa shape index (κ1) is 28.8. The Morgan fingerprint density at radius 2 is 1.80 bits per heavy atom. The fourth-order valence-corrected chi connectivity index (χ4v) is 5.67. The number of hydrogen-bond acceptors (Lipinski definition) is 8. The van der Waals surface area contributed by atoms with Crippen LogP contribution in [0.2, 0.25) is 0 Å². The minimum Gasteiger partial charge on any atom is -0.496 e. The highest BCUT2D eigenvalue weighted by molar-refractivity contribution is 6.03. The van der Waals surface area contributed by atoms with Gasteiger partial charge in [0.05, 0.1) is 18.7 Å². The molecule has 2 aromatic rings. The molecule has 2 fully saturated rings. The van der Waals surface area contributed by atoms with Crippen molar-refractivity contribution in [3.05, 3.63) is 35.4 Å². The van der Waals surface area contributed by atoms with Gasteiger partial charge in [0.15, 0.2) is 11.6 Å². The number of ether oxygens (including phenoxy) is 3. The van der Waals surface area contributed by atoms with Crippen LogP contribution < -0.4 is 14.4 Å². The number of aromatic nitrogens is 1. The number of nitrogens with zero attached hydrogens (tertiary/aromatic N) is 5. The van der Waals surface area contributed by atoms with Gasteiger partial charge >= 0.3 is 6.09 Å². The number of anilines is 1. The Bertz CT molecular complexity index is 1350. The quantitative estimate of drug-likeness (QED) is 0.551. The maximum atomic E-state index is 16.4. The molecular weight excluding hydrogens is 536 g/mol. The van der Waals surface area contributed by atoms with Crippen molar-refractivity contribution in [3.8, 4) is 22.8 Å².